The summed E-state index contributed by atoms with van der Waals surface area (Å²) in [5, 5.41) is 10.00. The number of pyridine rings is 1. The van der Waals surface area contributed by atoms with Crippen LogP contribution in [0.25, 0.3) is 11.1 Å². The Hall–Kier alpha value is -3.05. The van der Waals surface area contributed by atoms with Crippen molar-refractivity contribution >= 4 is 17.1 Å². The number of halogens is 1. The summed E-state index contributed by atoms with van der Waals surface area (Å²) in [5.41, 5.74) is 6.28. The molecule has 170 valence electrons. The number of nitrogens with zero attached hydrogens (tertiary/aromatic N) is 1. The van der Waals surface area contributed by atoms with Crippen molar-refractivity contribution in [1.82, 2.24) is 4.98 Å². The molecule has 0 bridgehead atoms. The molecule has 33 heavy (non-hydrogen) atoms. The minimum atomic E-state index is -0.670. The number of benzene rings is 1. The SMILES string of the molecule is Cc1cc(C2=C(C=C[C@@H]3C[C@@H](O)CC(=O)O3)C3(CCC3)CC(c3ccncc3)=C2)ccc1F. The number of aryl methyl sites for hydroxylation is 1. The molecule has 3 aliphatic rings. The van der Waals surface area contributed by atoms with Gasteiger partial charge in [0.2, 0.25) is 0 Å². The molecule has 0 amide bonds. The third kappa shape index (κ3) is 4.30. The van der Waals surface area contributed by atoms with Crippen LogP contribution in [0, 0.1) is 18.2 Å². The van der Waals surface area contributed by atoms with Crippen LogP contribution in [-0.2, 0) is 9.53 Å². The molecule has 2 aromatic rings. The fourth-order valence-corrected chi connectivity index (χ4v) is 5.30. The molecular weight excluding hydrogens is 417 g/mol. The first kappa shape index (κ1) is 21.8. The predicted molar refractivity (Wildman–Crippen MR) is 125 cm³/mol. The van der Waals surface area contributed by atoms with Crippen molar-refractivity contribution in [2.45, 2.75) is 57.7 Å². The van der Waals surface area contributed by atoms with Gasteiger partial charge in [0.05, 0.1) is 12.5 Å². The van der Waals surface area contributed by atoms with Crippen molar-refractivity contribution in [3.05, 3.63) is 89.0 Å². The van der Waals surface area contributed by atoms with E-state index in [-0.39, 0.29) is 23.6 Å². The molecule has 2 atom stereocenters. The number of aromatic nitrogens is 1. The zero-order valence-electron chi connectivity index (χ0n) is 18.8. The second kappa shape index (κ2) is 8.71. The molecule has 1 spiro atoms. The molecule has 1 aromatic carbocycles. The van der Waals surface area contributed by atoms with E-state index in [1.165, 1.54) is 17.2 Å². The van der Waals surface area contributed by atoms with Crippen molar-refractivity contribution in [3.8, 4) is 0 Å². The number of cyclic esters (lactones) is 1. The van der Waals surface area contributed by atoms with E-state index in [9.17, 15) is 14.3 Å². The quantitative estimate of drug-likeness (QED) is 0.626. The van der Waals surface area contributed by atoms with Crippen molar-refractivity contribution in [1.29, 1.82) is 0 Å². The van der Waals surface area contributed by atoms with Crippen molar-refractivity contribution in [2.24, 2.45) is 5.41 Å². The minimum Gasteiger partial charge on any atom is -0.458 e. The highest BCUT2D eigenvalue weighted by Gasteiger charge is 2.43. The fourth-order valence-electron chi connectivity index (χ4n) is 5.30. The lowest BCUT2D eigenvalue weighted by Gasteiger charge is -2.47. The van der Waals surface area contributed by atoms with Gasteiger partial charge >= 0.3 is 5.97 Å². The van der Waals surface area contributed by atoms with Crippen LogP contribution in [0.15, 0.2) is 66.5 Å². The highest BCUT2D eigenvalue weighted by Crippen LogP contribution is 2.58. The molecule has 5 rings (SSSR count). The van der Waals surface area contributed by atoms with E-state index >= 15 is 0 Å². The van der Waals surface area contributed by atoms with Gasteiger partial charge in [0.1, 0.15) is 11.9 Å². The van der Waals surface area contributed by atoms with Crippen molar-refractivity contribution in [3.63, 3.8) is 0 Å². The standard InChI is InChI=1S/C28H28FNO3/c1-18-13-20(3-6-26(18)29)24-14-21(19-7-11-30-12-8-19)17-28(9-2-10-28)25(24)5-4-23-15-22(31)16-27(32)33-23/h3-8,11-14,22-23,31H,2,9-10,15-17H2,1H3/t22-,23-/m1/s1. The van der Waals surface area contributed by atoms with Gasteiger partial charge < -0.3 is 9.84 Å². The lowest BCUT2D eigenvalue weighted by atomic mass is 9.57. The Balaban J connectivity index is 1.63. The zero-order chi connectivity index (χ0) is 23.0. The highest BCUT2D eigenvalue weighted by atomic mass is 19.1. The van der Waals surface area contributed by atoms with Crippen molar-refractivity contribution < 1.29 is 19.0 Å². The summed E-state index contributed by atoms with van der Waals surface area (Å²) in [7, 11) is 0. The second-order valence-electron chi connectivity index (χ2n) is 9.49. The third-order valence-corrected chi connectivity index (χ3v) is 7.21. The second-order valence-corrected chi connectivity index (χ2v) is 9.49. The van der Waals surface area contributed by atoms with E-state index < -0.39 is 12.2 Å². The van der Waals surface area contributed by atoms with Gasteiger partial charge in [-0.05, 0) is 95.4 Å². The van der Waals surface area contributed by atoms with Crippen LogP contribution in [0.3, 0.4) is 0 Å². The largest absolute Gasteiger partial charge is 0.458 e. The Morgan fingerprint density at radius 3 is 2.64 bits per heavy atom. The highest BCUT2D eigenvalue weighted by molar-refractivity contribution is 5.90. The first-order valence-corrected chi connectivity index (χ1v) is 11.6. The van der Waals surface area contributed by atoms with E-state index in [0.29, 0.717) is 12.0 Å². The Bertz CT molecular complexity index is 1160. The molecule has 4 nitrogen and oxygen atoms in total. The average molecular weight is 446 g/mol. The fraction of sp³-hybridized carbons (Fsp3) is 0.357. The number of aliphatic hydroxyl groups excluding tert-OH is 1. The van der Waals surface area contributed by atoms with Gasteiger partial charge in [-0.2, -0.15) is 0 Å². The lowest BCUT2D eigenvalue weighted by molar-refractivity contribution is -0.156. The molecular formula is C28H28FNO3. The summed E-state index contributed by atoms with van der Waals surface area (Å²) in [6.07, 6.45) is 13.4. The number of hydrogen-bond acceptors (Lipinski definition) is 4. The summed E-state index contributed by atoms with van der Waals surface area (Å²) >= 11 is 0. The van der Waals surface area contributed by atoms with Gasteiger partial charge in [0, 0.05) is 18.8 Å². The van der Waals surface area contributed by atoms with Crippen LogP contribution in [0.1, 0.15) is 55.2 Å². The molecule has 1 aromatic heterocycles. The zero-order valence-corrected chi connectivity index (χ0v) is 18.8. The number of carbonyl (C=O) groups is 1. The third-order valence-electron chi connectivity index (χ3n) is 7.21. The molecule has 2 aliphatic carbocycles. The molecule has 0 unspecified atom stereocenters. The molecule has 1 saturated heterocycles. The maximum Gasteiger partial charge on any atom is 0.309 e. The van der Waals surface area contributed by atoms with Gasteiger partial charge in [-0.15, -0.1) is 0 Å². The average Bonchev–Trinajstić information content (AvgIpc) is 2.78. The summed E-state index contributed by atoms with van der Waals surface area (Å²) in [6.45, 7) is 1.78. The summed E-state index contributed by atoms with van der Waals surface area (Å²) in [4.78, 5) is 16.0. The first-order chi connectivity index (χ1) is 15.9. The van der Waals surface area contributed by atoms with Gasteiger partial charge in [-0.3, -0.25) is 9.78 Å². The number of carbonyl (C=O) groups excluding carboxylic acids is 1. The van der Waals surface area contributed by atoms with E-state index in [2.05, 4.69) is 17.1 Å². The number of hydrogen-bond donors (Lipinski definition) is 1. The van der Waals surface area contributed by atoms with Crippen LogP contribution < -0.4 is 0 Å². The summed E-state index contributed by atoms with van der Waals surface area (Å²) < 4.78 is 19.5. The molecule has 2 heterocycles. The van der Waals surface area contributed by atoms with E-state index in [1.54, 1.807) is 6.92 Å². The predicted octanol–water partition coefficient (Wildman–Crippen LogP) is 5.56. The van der Waals surface area contributed by atoms with Gasteiger partial charge in [-0.25, -0.2) is 4.39 Å². The molecule has 1 N–H and O–H groups in total. The summed E-state index contributed by atoms with van der Waals surface area (Å²) in [5.74, 6) is -0.583. The molecule has 5 heteroatoms. The Kier molecular flexibility index (Phi) is 5.75. The smallest absolute Gasteiger partial charge is 0.309 e. The maximum absolute atomic E-state index is 14.1. The number of rotatable bonds is 4. The summed E-state index contributed by atoms with van der Waals surface area (Å²) in [6, 6.07) is 9.35. The number of esters is 1. The van der Waals surface area contributed by atoms with E-state index in [1.807, 2.05) is 42.7 Å². The van der Waals surface area contributed by atoms with Crippen molar-refractivity contribution in [2.75, 3.05) is 0 Å². The van der Waals surface area contributed by atoms with Crippen LogP contribution >= 0.6 is 0 Å². The number of aliphatic hydroxyl groups is 1. The molecule has 1 saturated carbocycles. The van der Waals surface area contributed by atoms with Gasteiger partial charge in [0.15, 0.2) is 0 Å². The van der Waals surface area contributed by atoms with E-state index in [0.717, 1.165) is 42.4 Å². The number of allylic oxidation sites excluding steroid dienone is 5. The normalized spacial score (nSPS) is 24.6. The Morgan fingerprint density at radius 1 is 1.18 bits per heavy atom. The van der Waals surface area contributed by atoms with Crippen LogP contribution in [0.5, 0.6) is 0 Å². The Morgan fingerprint density at radius 2 is 1.97 bits per heavy atom. The van der Waals surface area contributed by atoms with Gasteiger partial charge in [-0.1, -0.05) is 24.6 Å². The monoisotopic (exact) mass is 445 g/mol. The van der Waals surface area contributed by atoms with Crippen LogP contribution in [-0.4, -0.2) is 28.3 Å². The maximum atomic E-state index is 14.1. The van der Waals surface area contributed by atoms with Gasteiger partial charge in [0.25, 0.3) is 0 Å². The molecule has 1 aliphatic heterocycles. The lowest BCUT2D eigenvalue weighted by Crippen LogP contribution is -2.34. The number of ether oxygens (including phenoxy) is 1. The minimum absolute atomic E-state index is 0.00122. The molecule has 0 radical (unpaired) electrons. The Labute approximate surface area is 193 Å². The topological polar surface area (TPSA) is 59.4 Å². The first-order valence-electron chi connectivity index (χ1n) is 11.6. The molecule has 2 fully saturated rings. The van der Waals surface area contributed by atoms with Crippen LogP contribution in [0.4, 0.5) is 4.39 Å². The van der Waals surface area contributed by atoms with E-state index in [4.69, 9.17) is 4.74 Å². The van der Waals surface area contributed by atoms with Crippen LogP contribution in [0.2, 0.25) is 0 Å².